The number of fused-ring (bicyclic) bond motifs is 2. The zero-order valence-electron chi connectivity index (χ0n) is 9.22. The van der Waals surface area contributed by atoms with E-state index in [1.807, 2.05) is 24.3 Å². The Hall–Kier alpha value is -1.81. The zero-order chi connectivity index (χ0) is 11.8. The first kappa shape index (κ1) is 10.4. The van der Waals surface area contributed by atoms with Crippen molar-refractivity contribution in [1.82, 2.24) is 10.2 Å². The summed E-state index contributed by atoms with van der Waals surface area (Å²) in [7, 11) is 0. The van der Waals surface area contributed by atoms with Gasteiger partial charge in [0.2, 0.25) is 0 Å². The van der Waals surface area contributed by atoms with Gasteiger partial charge < -0.3 is 9.64 Å². The highest BCUT2D eigenvalue weighted by atomic mass is 35.5. The molecule has 0 fully saturated rings. The van der Waals surface area contributed by atoms with E-state index in [0.29, 0.717) is 11.0 Å². The van der Waals surface area contributed by atoms with Gasteiger partial charge >= 0.3 is 0 Å². The molecule has 17 heavy (non-hydrogen) atoms. The van der Waals surface area contributed by atoms with Crippen LogP contribution in [0.4, 0.5) is 11.4 Å². The van der Waals surface area contributed by atoms with Crippen LogP contribution in [0.25, 0.3) is 0 Å². The van der Waals surface area contributed by atoms with Crippen molar-refractivity contribution < 1.29 is 4.74 Å². The van der Waals surface area contributed by atoms with Crippen LogP contribution < -0.4 is 9.64 Å². The highest BCUT2D eigenvalue weighted by Gasteiger charge is 2.24. The van der Waals surface area contributed by atoms with Gasteiger partial charge in [-0.1, -0.05) is 23.7 Å². The Morgan fingerprint density at radius 1 is 1.24 bits per heavy atom. The fourth-order valence-corrected chi connectivity index (χ4v) is 2.10. The lowest BCUT2D eigenvalue weighted by Gasteiger charge is -2.30. The van der Waals surface area contributed by atoms with Crippen LogP contribution in [-0.4, -0.2) is 16.7 Å². The third kappa shape index (κ3) is 1.61. The van der Waals surface area contributed by atoms with Crippen molar-refractivity contribution in [3.63, 3.8) is 0 Å². The van der Waals surface area contributed by atoms with Crippen LogP contribution in [0.3, 0.4) is 0 Å². The Balaban J connectivity index is 2.19. The van der Waals surface area contributed by atoms with Gasteiger partial charge in [0.25, 0.3) is 5.88 Å². The fourth-order valence-electron chi connectivity index (χ4n) is 1.95. The molecule has 0 saturated heterocycles. The fraction of sp³-hybridized carbons (Fsp3) is 0.167. The predicted octanol–water partition coefficient (Wildman–Crippen LogP) is 3.39. The molecule has 0 bridgehead atoms. The molecule has 0 aliphatic carbocycles. The first-order valence-corrected chi connectivity index (χ1v) is 5.75. The summed E-state index contributed by atoms with van der Waals surface area (Å²) in [6.45, 7) is 2.88. The molecule has 1 aliphatic rings. The minimum atomic E-state index is 0.366. The topological polar surface area (TPSA) is 38.2 Å². The highest BCUT2D eigenvalue weighted by molar-refractivity contribution is 6.29. The maximum absolute atomic E-state index is 5.87. The molecule has 0 saturated carbocycles. The molecule has 0 amide bonds. The smallest absolute Gasteiger partial charge is 0.263 e. The number of halogens is 1. The number of rotatable bonds is 1. The van der Waals surface area contributed by atoms with Crippen LogP contribution in [0.1, 0.15) is 6.92 Å². The van der Waals surface area contributed by atoms with Gasteiger partial charge in [-0.05, 0) is 19.1 Å². The number of benzene rings is 1. The maximum atomic E-state index is 5.87. The molecule has 1 aliphatic heterocycles. The van der Waals surface area contributed by atoms with E-state index in [4.69, 9.17) is 16.3 Å². The van der Waals surface area contributed by atoms with Crippen LogP contribution in [0.15, 0.2) is 30.3 Å². The minimum Gasteiger partial charge on any atom is -0.434 e. The summed E-state index contributed by atoms with van der Waals surface area (Å²) in [5.41, 5.74) is 1.87. The van der Waals surface area contributed by atoms with Crippen molar-refractivity contribution in [3.8, 4) is 11.6 Å². The highest BCUT2D eigenvalue weighted by Crippen LogP contribution is 2.45. The zero-order valence-corrected chi connectivity index (χ0v) is 9.98. The lowest BCUT2D eigenvalue weighted by Crippen LogP contribution is -2.21. The first-order valence-electron chi connectivity index (χ1n) is 5.37. The number of ether oxygens (including phenoxy) is 1. The molecule has 3 rings (SSSR count). The summed E-state index contributed by atoms with van der Waals surface area (Å²) in [4.78, 5) is 2.11. The van der Waals surface area contributed by atoms with E-state index >= 15 is 0 Å². The molecule has 2 aromatic rings. The Morgan fingerprint density at radius 2 is 2.06 bits per heavy atom. The summed E-state index contributed by atoms with van der Waals surface area (Å²) in [6.07, 6.45) is 0. The number of anilines is 2. The van der Waals surface area contributed by atoms with Crippen LogP contribution in [0.5, 0.6) is 11.6 Å². The van der Waals surface area contributed by atoms with E-state index in [-0.39, 0.29) is 0 Å². The Kier molecular flexibility index (Phi) is 2.37. The van der Waals surface area contributed by atoms with E-state index in [0.717, 1.165) is 23.7 Å². The quantitative estimate of drug-likeness (QED) is 0.774. The molecule has 2 heterocycles. The van der Waals surface area contributed by atoms with Gasteiger partial charge in [-0.15, -0.1) is 10.2 Å². The third-order valence-corrected chi connectivity index (χ3v) is 2.87. The van der Waals surface area contributed by atoms with Gasteiger partial charge in [0.05, 0.1) is 5.69 Å². The lowest BCUT2D eigenvalue weighted by molar-refractivity contribution is 0.447. The van der Waals surface area contributed by atoms with E-state index in [9.17, 15) is 0 Å². The normalized spacial score (nSPS) is 12.7. The molecule has 5 heteroatoms. The van der Waals surface area contributed by atoms with Gasteiger partial charge in [0.15, 0.2) is 10.9 Å². The molecule has 0 radical (unpaired) electrons. The van der Waals surface area contributed by atoms with E-state index in [1.165, 1.54) is 0 Å². The second-order valence-corrected chi connectivity index (χ2v) is 4.06. The molecule has 1 aromatic carbocycles. The van der Waals surface area contributed by atoms with Gasteiger partial charge in [0.1, 0.15) is 5.69 Å². The predicted molar refractivity (Wildman–Crippen MR) is 66.2 cm³/mol. The van der Waals surface area contributed by atoms with E-state index in [1.54, 1.807) is 6.07 Å². The number of hydrogen-bond acceptors (Lipinski definition) is 4. The third-order valence-electron chi connectivity index (χ3n) is 2.68. The summed E-state index contributed by atoms with van der Waals surface area (Å²) < 4.78 is 5.69. The van der Waals surface area contributed by atoms with Crippen molar-refractivity contribution in [2.24, 2.45) is 0 Å². The minimum absolute atomic E-state index is 0.366. The monoisotopic (exact) mass is 247 g/mol. The van der Waals surface area contributed by atoms with Crippen LogP contribution in [0, 0.1) is 0 Å². The van der Waals surface area contributed by atoms with Gasteiger partial charge in [0, 0.05) is 12.6 Å². The standard InChI is InChI=1S/C12H10ClN3O/c1-2-16-8-5-3-4-6-10(8)17-12-9(16)7-11(13)14-15-12/h3-7H,2H2,1H3. The lowest BCUT2D eigenvalue weighted by atomic mass is 10.2. The first-order chi connectivity index (χ1) is 8.29. The molecular formula is C12H10ClN3O. The molecular weight excluding hydrogens is 238 g/mol. The van der Waals surface area contributed by atoms with Crippen molar-refractivity contribution in [2.75, 3.05) is 11.4 Å². The number of nitrogens with zero attached hydrogens (tertiary/aromatic N) is 3. The van der Waals surface area contributed by atoms with Gasteiger partial charge in [-0.2, -0.15) is 0 Å². The van der Waals surface area contributed by atoms with E-state index < -0.39 is 0 Å². The second kappa shape index (κ2) is 3.89. The maximum Gasteiger partial charge on any atom is 0.263 e. The largest absolute Gasteiger partial charge is 0.434 e. The van der Waals surface area contributed by atoms with Gasteiger partial charge in [-0.25, -0.2) is 0 Å². The SMILES string of the molecule is CCN1c2ccccc2Oc2nnc(Cl)cc21. The molecule has 1 aromatic heterocycles. The Morgan fingerprint density at radius 3 is 2.88 bits per heavy atom. The summed E-state index contributed by atoms with van der Waals surface area (Å²) in [6, 6.07) is 9.60. The van der Waals surface area contributed by atoms with Crippen molar-refractivity contribution >= 4 is 23.0 Å². The van der Waals surface area contributed by atoms with Gasteiger partial charge in [-0.3, -0.25) is 0 Å². The van der Waals surface area contributed by atoms with Crippen LogP contribution >= 0.6 is 11.6 Å². The average molecular weight is 248 g/mol. The number of para-hydroxylation sites is 2. The summed E-state index contributed by atoms with van der Waals surface area (Å²) >= 11 is 5.87. The molecule has 0 unspecified atom stereocenters. The number of aromatic nitrogens is 2. The summed E-state index contributed by atoms with van der Waals surface area (Å²) in [5.74, 6) is 1.29. The average Bonchev–Trinajstić information content (AvgIpc) is 2.36. The van der Waals surface area contributed by atoms with Crippen LogP contribution in [0.2, 0.25) is 5.15 Å². The van der Waals surface area contributed by atoms with Crippen LogP contribution in [-0.2, 0) is 0 Å². The van der Waals surface area contributed by atoms with Crippen molar-refractivity contribution in [2.45, 2.75) is 6.92 Å². The van der Waals surface area contributed by atoms with Crippen molar-refractivity contribution in [1.29, 1.82) is 0 Å². The molecule has 4 nitrogen and oxygen atoms in total. The molecule has 0 N–H and O–H groups in total. The van der Waals surface area contributed by atoms with E-state index in [2.05, 4.69) is 22.0 Å². The molecule has 86 valence electrons. The Labute approximate surface area is 104 Å². The molecule has 0 atom stereocenters. The second-order valence-electron chi connectivity index (χ2n) is 3.67. The number of hydrogen-bond donors (Lipinski definition) is 0. The Bertz CT molecular complexity index is 573. The summed E-state index contributed by atoms with van der Waals surface area (Å²) in [5, 5.41) is 8.13. The molecule has 0 spiro atoms. The van der Waals surface area contributed by atoms with Crippen molar-refractivity contribution in [3.05, 3.63) is 35.5 Å².